The van der Waals surface area contributed by atoms with Crippen molar-refractivity contribution < 1.29 is 9.47 Å². The van der Waals surface area contributed by atoms with Gasteiger partial charge >= 0.3 is 0 Å². The molecule has 1 aliphatic carbocycles. The first-order valence-electron chi connectivity index (χ1n) is 7.59. The van der Waals surface area contributed by atoms with Crippen LogP contribution in [-0.2, 0) is 9.47 Å². The molecule has 0 aromatic heterocycles. The average Bonchev–Trinajstić information content (AvgIpc) is 2.60. The van der Waals surface area contributed by atoms with Gasteiger partial charge in [0, 0.05) is 13.7 Å². The van der Waals surface area contributed by atoms with E-state index in [0.717, 1.165) is 25.0 Å². The highest BCUT2D eigenvalue weighted by molar-refractivity contribution is 4.75. The lowest BCUT2D eigenvalue weighted by molar-refractivity contribution is 0.0657. The molecule has 3 nitrogen and oxygen atoms in total. The van der Waals surface area contributed by atoms with Crippen LogP contribution in [0.4, 0.5) is 0 Å². The SMILES string of the molecule is CNCC1CCCCCC1CCCOCCOC. The van der Waals surface area contributed by atoms with E-state index in [2.05, 4.69) is 12.4 Å². The van der Waals surface area contributed by atoms with Gasteiger partial charge in [0.25, 0.3) is 0 Å². The maximum absolute atomic E-state index is 5.55. The van der Waals surface area contributed by atoms with E-state index >= 15 is 0 Å². The molecule has 3 heteroatoms. The standard InChI is InChI=1S/C15H31NO2/c1-16-13-15-8-5-3-4-7-14(15)9-6-10-18-12-11-17-2/h14-16H,3-13H2,1-2H3. The van der Waals surface area contributed by atoms with Crippen LogP contribution in [0.3, 0.4) is 0 Å². The Labute approximate surface area is 113 Å². The Balaban J connectivity index is 2.15. The smallest absolute Gasteiger partial charge is 0.0700 e. The molecule has 0 amide bonds. The Morgan fingerprint density at radius 2 is 1.78 bits per heavy atom. The zero-order valence-corrected chi connectivity index (χ0v) is 12.2. The summed E-state index contributed by atoms with van der Waals surface area (Å²) in [5, 5.41) is 3.37. The molecule has 108 valence electrons. The molecule has 0 saturated heterocycles. The van der Waals surface area contributed by atoms with E-state index in [4.69, 9.17) is 9.47 Å². The zero-order chi connectivity index (χ0) is 13.1. The second-order valence-electron chi connectivity index (χ2n) is 5.46. The lowest BCUT2D eigenvalue weighted by Crippen LogP contribution is -2.25. The number of nitrogens with one attached hydrogen (secondary N) is 1. The third-order valence-electron chi connectivity index (χ3n) is 4.08. The molecule has 1 aliphatic rings. The minimum atomic E-state index is 0.714. The van der Waals surface area contributed by atoms with Gasteiger partial charge in [-0.3, -0.25) is 0 Å². The summed E-state index contributed by atoms with van der Waals surface area (Å²) in [4.78, 5) is 0. The Hall–Kier alpha value is -0.120. The number of hydrogen-bond acceptors (Lipinski definition) is 3. The Morgan fingerprint density at radius 1 is 1.00 bits per heavy atom. The first-order chi connectivity index (χ1) is 8.88. The summed E-state index contributed by atoms with van der Waals surface area (Å²) in [6.45, 7) is 3.54. The van der Waals surface area contributed by atoms with Crippen molar-refractivity contribution in [2.45, 2.75) is 44.9 Å². The van der Waals surface area contributed by atoms with Crippen molar-refractivity contribution in [1.82, 2.24) is 5.32 Å². The van der Waals surface area contributed by atoms with Crippen molar-refractivity contribution in [2.75, 3.05) is 40.5 Å². The fourth-order valence-electron chi connectivity index (χ4n) is 3.06. The van der Waals surface area contributed by atoms with E-state index in [1.165, 1.54) is 51.5 Å². The predicted molar refractivity (Wildman–Crippen MR) is 75.9 cm³/mol. The van der Waals surface area contributed by atoms with Crippen LogP contribution in [0.2, 0.25) is 0 Å². The van der Waals surface area contributed by atoms with E-state index < -0.39 is 0 Å². The molecule has 2 unspecified atom stereocenters. The van der Waals surface area contributed by atoms with E-state index in [1.54, 1.807) is 7.11 Å². The molecule has 1 fully saturated rings. The van der Waals surface area contributed by atoms with Gasteiger partial charge in [-0.05, 0) is 44.7 Å². The lowest BCUT2D eigenvalue weighted by Gasteiger charge is -2.25. The first kappa shape index (κ1) is 15.9. The van der Waals surface area contributed by atoms with E-state index in [-0.39, 0.29) is 0 Å². The molecule has 0 heterocycles. The first-order valence-corrected chi connectivity index (χ1v) is 7.59. The number of rotatable bonds is 9. The summed E-state index contributed by atoms with van der Waals surface area (Å²) < 4.78 is 10.5. The van der Waals surface area contributed by atoms with Gasteiger partial charge in [-0.1, -0.05) is 25.7 Å². The number of hydrogen-bond donors (Lipinski definition) is 1. The second kappa shape index (κ2) is 10.8. The van der Waals surface area contributed by atoms with Gasteiger partial charge in [-0.2, -0.15) is 0 Å². The summed E-state index contributed by atoms with van der Waals surface area (Å²) in [6.07, 6.45) is 9.65. The van der Waals surface area contributed by atoms with Crippen LogP contribution in [0.5, 0.6) is 0 Å². The number of ether oxygens (including phenoxy) is 2. The summed E-state index contributed by atoms with van der Waals surface area (Å²) in [7, 11) is 3.80. The van der Waals surface area contributed by atoms with Gasteiger partial charge in [0.15, 0.2) is 0 Å². The molecule has 0 aromatic carbocycles. The fraction of sp³-hybridized carbons (Fsp3) is 1.00. The summed E-state index contributed by atoms with van der Waals surface area (Å²) in [5.41, 5.74) is 0. The second-order valence-corrected chi connectivity index (χ2v) is 5.46. The van der Waals surface area contributed by atoms with Crippen molar-refractivity contribution in [3.63, 3.8) is 0 Å². The van der Waals surface area contributed by atoms with Gasteiger partial charge in [-0.15, -0.1) is 0 Å². The maximum Gasteiger partial charge on any atom is 0.0700 e. The molecule has 0 aromatic rings. The van der Waals surface area contributed by atoms with Crippen molar-refractivity contribution in [3.05, 3.63) is 0 Å². The van der Waals surface area contributed by atoms with E-state index in [1.807, 2.05) is 0 Å². The minimum absolute atomic E-state index is 0.714. The largest absolute Gasteiger partial charge is 0.382 e. The summed E-state index contributed by atoms with van der Waals surface area (Å²) >= 11 is 0. The normalized spacial score (nSPS) is 25.0. The minimum Gasteiger partial charge on any atom is -0.382 e. The molecule has 0 bridgehead atoms. The lowest BCUT2D eigenvalue weighted by atomic mass is 9.84. The molecule has 0 radical (unpaired) electrons. The van der Waals surface area contributed by atoms with Crippen LogP contribution in [0.25, 0.3) is 0 Å². The van der Waals surface area contributed by atoms with Gasteiger partial charge < -0.3 is 14.8 Å². The van der Waals surface area contributed by atoms with Crippen LogP contribution in [0, 0.1) is 11.8 Å². The van der Waals surface area contributed by atoms with Crippen LogP contribution >= 0.6 is 0 Å². The molecule has 0 aliphatic heterocycles. The van der Waals surface area contributed by atoms with Crippen molar-refractivity contribution in [1.29, 1.82) is 0 Å². The quantitative estimate of drug-likeness (QED) is 0.509. The van der Waals surface area contributed by atoms with E-state index in [9.17, 15) is 0 Å². The van der Waals surface area contributed by atoms with Crippen LogP contribution in [0.15, 0.2) is 0 Å². The molecule has 0 spiro atoms. The van der Waals surface area contributed by atoms with Gasteiger partial charge in [0.05, 0.1) is 13.2 Å². The summed E-state index contributed by atoms with van der Waals surface area (Å²) in [6, 6.07) is 0. The topological polar surface area (TPSA) is 30.5 Å². The Morgan fingerprint density at radius 3 is 2.50 bits per heavy atom. The van der Waals surface area contributed by atoms with Crippen LogP contribution in [-0.4, -0.2) is 40.5 Å². The number of methoxy groups -OCH3 is 1. The van der Waals surface area contributed by atoms with Gasteiger partial charge in [0.1, 0.15) is 0 Å². The molecule has 18 heavy (non-hydrogen) atoms. The fourth-order valence-corrected chi connectivity index (χ4v) is 3.06. The molecule has 1 N–H and O–H groups in total. The van der Waals surface area contributed by atoms with Crippen LogP contribution < -0.4 is 5.32 Å². The van der Waals surface area contributed by atoms with Crippen molar-refractivity contribution in [2.24, 2.45) is 11.8 Å². The molecular formula is C15H31NO2. The third-order valence-corrected chi connectivity index (χ3v) is 4.08. The molecule has 1 saturated carbocycles. The van der Waals surface area contributed by atoms with Crippen LogP contribution in [0.1, 0.15) is 44.9 Å². The maximum atomic E-state index is 5.55. The average molecular weight is 257 g/mol. The monoisotopic (exact) mass is 257 g/mol. The van der Waals surface area contributed by atoms with E-state index in [0.29, 0.717) is 6.61 Å². The Kier molecular flexibility index (Phi) is 9.54. The Bertz CT molecular complexity index is 187. The highest BCUT2D eigenvalue weighted by Gasteiger charge is 2.22. The molecular weight excluding hydrogens is 226 g/mol. The van der Waals surface area contributed by atoms with Gasteiger partial charge in [-0.25, -0.2) is 0 Å². The van der Waals surface area contributed by atoms with Crippen molar-refractivity contribution in [3.8, 4) is 0 Å². The van der Waals surface area contributed by atoms with Crippen molar-refractivity contribution >= 4 is 0 Å². The highest BCUT2D eigenvalue weighted by Crippen LogP contribution is 2.31. The zero-order valence-electron chi connectivity index (χ0n) is 12.2. The summed E-state index contributed by atoms with van der Waals surface area (Å²) in [5.74, 6) is 1.79. The van der Waals surface area contributed by atoms with Gasteiger partial charge in [0.2, 0.25) is 0 Å². The molecule has 2 atom stereocenters. The predicted octanol–water partition coefficient (Wildman–Crippen LogP) is 2.85. The third kappa shape index (κ3) is 6.72. The highest BCUT2D eigenvalue weighted by atomic mass is 16.5. The molecule has 1 rings (SSSR count).